The second-order valence-corrected chi connectivity index (χ2v) is 7.84. The quantitative estimate of drug-likeness (QED) is 0.557. The molecule has 6 nitrogen and oxygen atoms in total. The SMILES string of the molecule is CCCC1=CC(=O)[C@@H](C(=O)OC)[C@H](CC(C)C)N1C(=O)OC(C)(C)C. The molecule has 0 unspecified atom stereocenters. The molecule has 0 aromatic rings. The summed E-state index contributed by atoms with van der Waals surface area (Å²) in [4.78, 5) is 39.2. The van der Waals surface area contributed by atoms with Crippen molar-refractivity contribution in [3.63, 3.8) is 0 Å². The molecule has 6 heteroatoms. The molecule has 1 amide bonds. The first-order valence-corrected chi connectivity index (χ1v) is 8.86. The summed E-state index contributed by atoms with van der Waals surface area (Å²) in [7, 11) is 1.26. The molecule has 0 fully saturated rings. The van der Waals surface area contributed by atoms with Crippen LogP contribution < -0.4 is 0 Å². The molecule has 0 spiro atoms. The Morgan fingerprint density at radius 1 is 1.28 bits per heavy atom. The molecule has 0 N–H and O–H groups in total. The lowest BCUT2D eigenvalue weighted by Gasteiger charge is -2.40. The number of carbonyl (C=O) groups excluding carboxylic acids is 3. The van der Waals surface area contributed by atoms with Crippen molar-refractivity contribution in [2.45, 2.75) is 72.4 Å². The van der Waals surface area contributed by atoms with Crippen LogP contribution in [0.5, 0.6) is 0 Å². The van der Waals surface area contributed by atoms with E-state index in [4.69, 9.17) is 9.47 Å². The van der Waals surface area contributed by atoms with Crippen LogP contribution in [0.4, 0.5) is 4.79 Å². The fourth-order valence-corrected chi connectivity index (χ4v) is 3.01. The average Bonchev–Trinajstić information content (AvgIpc) is 2.44. The van der Waals surface area contributed by atoms with Crippen LogP contribution in [0, 0.1) is 11.8 Å². The summed E-state index contributed by atoms with van der Waals surface area (Å²) in [5.41, 5.74) is -0.0634. The molecule has 1 aliphatic rings. The summed E-state index contributed by atoms with van der Waals surface area (Å²) in [6.07, 6.45) is 2.71. The van der Waals surface area contributed by atoms with Gasteiger partial charge in [0.05, 0.1) is 13.2 Å². The number of nitrogens with zero attached hydrogens (tertiary/aromatic N) is 1. The number of allylic oxidation sites excluding steroid dienone is 2. The van der Waals surface area contributed by atoms with Gasteiger partial charge in [-0.05, 0) is 39.5 Å². The van der Waals surface area contributed by atoms with Gasteiger partial charge in [-0.2, -0.15) is 0 Å². The van der Waals surface area contributed by atoms with Crippen LogP contribution in [0.2, 0.25) is 0 Å². The minimum Gasteiger partial charge on any atom is -0.468 e. The van der Waals surface area contributed by atoms with Crippen molar-refractivity contribution < 1.29 is 23.9 Å². The highest BCUT2D eigenvalue weighted by molar-refractivity contribution is 6.07. The number of hydrogen-bond acceptors (Lipinski definition) is 5. The third-order valence-electron chi connectivity index (χ3n) is 3.91. The number of ketones is 1. The number of hydrogen-bond donors (Lipinski definition) is 0. The molecule has 0 aromatic carbocycles. The van der Waals surface area contributed by atoms with Crippen LogP contribution in [-0.2, 0) is 19.1 Å². The highest BCUT2D eigenvalue weighted by Crippen LogP contribution is 2.33. The van der Waals surface area contributed by atoms with Gasteiger partial charge in [-0.25, -0.2) is 4.79 Å². The largest absolute Gasteiger partial charge is 0.468 e. The summed E-state index contributed by atoms with van der Waals surface area (Å²) >= 11 is 0. The van der Waals surface area contributed by atoms with Gasteiger partial charge in [-0.15, -0.1) is 0 Å². The molecule has 0 radical (unpaired) electrons. The van der Waals surface area contributed by atoms with E-state index < -0.39 is 29.6 Å². The Hall–Kier alpha value is -1.85. The van der Waals surface area contributed by atoms with E-state index in [1.54, 1.807) is 20.8 Å². The topological polar surface area (TPSA) is 72.9 Å². The molecular weight excluding hydrogens is 322 g/mol. The van der Waals surface area contributed by atoms with Crippen molar-refractivity contribution in [2.24, 2.45) is 11.8 Å². The molecule has 0 saturated heterocycles. The zero-order chi connectivity index (χ0) is 19.4. The van der Waals surface area contributed by atoms with Gasteiger partial charge < -0.3 is 9.47 Å². The number of amides is 1. The van der Waals surface area contributed by atoms with E-state index >= 15 is 0 Å². The zero-order valence-electron chi connectivity index (χ0n) is 16.4. The zero-order valence-corrected chi connectivity index (χ0v) is 16.4. The lowest BCUT2D eigenvalue weighted by atomic mass is 9.83. The second kappa shape index (κ2) is 8.50. The minimum absolute atomic E-state index is 0.191. The van der Waals surface area contributed by atoms with E-state index in [0.717, 1.165) is 6.42 Å². The molecule has 2 atom stereocenters. The molecular formula is C19H31NO5. The van der Waals surface area contributed by atoms with E-state index in [-0.39, 0.29) is 11.7 Å². The summed E-state index contributed by atoms with van der Waals surface area (Å²) in [6.45, 7) is 11.3. The highest BCUT2D eigenvalue weighted by atomic mass is 16.6. The molecule has 1 rings (SSSR count). The van der Waals surface area contributed by atoms with Crippen molar-refractivity contribution >= 4 is 17.8 Å². The van der Waals surface area contributed by atoms with Gasteiger partial charge in [-0.3, -0.25) is 14.5 Å². The summed E-state index contributed by atoms with van der Waals surface area (Å²) in [6, 6.07) is -0.596. The Morgan fingerprint density at radius 3 is 2.32 bits per heavy atom. The Morgan fingerprint density at radius 2 is 1.88 bits per heavy atom. The molecule has 0 aliphatic carbocycles. The van der Waals surface area contributed by atoms with Gasteiger partial charge in [0, 0.05) is 11.8 Å². The molecule has 0 aromatic heterocycles. The van der Waals surface area contributed by atoms with E-state index in [1.807, 2.05) is 20.8 Å². The minimum atomic E-state index is -1.01. The van der Waals surface area contributed by atoms with Crippen LogP contribution in [-0.4, -0.2) is 41.5 Å². The van der Waals surface area contributed by atoms with E-state index in [1.165, 1.54) is 18.1 Å². The van der Waals surface area contributed by atoms with Gasteiger partial charge in [-0.1, -0.05) is 27.2 Å². The first-order chi connectivity index (χ1) is 11.5. The first-order valence-electron chi connectivity index (χ1n) is 8.86. The molecule has 142 valence electrons. The number of ether oxygens (including phenoxy) is 2. The number of rotatable bonds is 5. The lowest BCUT2D eigenvalue weighted by molar-refractivity contribution is -0.151. The molecule has 0 bridgehead atoms. The smallest absolute Gasteiger partial charge is 0.414 e. The second-order valence-electron chi connectivity index (χ2n) is 7.84. The van der Waals surface area contributed by atoms with Gasteiger partial charge in [0.25, 0.3) is 0 Å². The van der Waals surface area contributed by atoms with E-state index in [0.29, 0.717) is 18.5 Å². The first kappa shape index (κ1) is 21.2. The standard InChI is InChI=1S/C19H31NO5/c1-8-9-13-11-15(21)16(17(22)24-7)14(10-12(2)3)20(13)18(23)25-19(4,5)6/h11-12,14,16H,8-10H2,1-7H3/t14-,16-/m0/s1. The number of carbonyl (C=O) groups is 3. The Kier molecular flexibility index (Phi) is 7.20. The third kappa shape index (κ3) is 5.58. The van der Waals surface area contributed by atoms with Crippen molar-refractivity contribution in [2.75, 3.05) is 7.11 Å². The Balaban J connectivity index is 3.38. The molecule has 1 heterocycles. The van der Waals surface area contributed by atoms with Crippen molar-refractivity contribution in [3.05, 3.63) is 11.8 Å². The predicted octanol–water partition coefficient (Wildman–Crippen LogP) is 3.69. The van der Waals surface area contributed by atoms with Gasteiger partial charge >= 0.3 is 12.1 Å². The van der Waals surface area contributed by atoms with Gasteiger partial charge in [0.15, 0.2) is 5.78 Å². The number of methoxy groups -OCH3 is 1. The summed E-state index contributed by atoms with van der Waals surface area (Å²) < 4.78 is 10.4. The normalized spacial score (nSPS) is 21.2. The third-order valence-corrected chi connectivity index (χ3v) is 3.91. The predicted molar refractivity (Wildman–Crippen MR) is 94.8 cm³/mol. The lowest BCUT2D eigenvalue weighted by Crippen LogP contribution is -2.53. The van der Waals surface area contributed by atoms with Crippen LogP contribution >= 0.6 is 0 Å². The van der Waals surface area contributed by atoms with Crippen LogP contribution in [0.3, 0.4) is 0 Å². The van der Waals surface area contributed by atoms with E-state index in [9.17, 15) is 14.4 Å². The maximum Gasteiger partial charge on any atom is 0.414 e. The van der Waals surface area contributed by atoms with Crippen molar-refractivity contribution in [1.82, 2.24) is 4.90 Å². The van der Waals surface area contributed by atoms with Crippen LogP contribution in [0.15, 0.2) is 11.8 Å². The maximum absolute atomic E-state index is 12.9. The molecule has 0 saturated carbocycles. The van der Waals surface area contributed by atoms with Gasteiger partial charge in [0.2, 0.25) is 0 Å². The summed E-state index contributed by atoms with van der Waals surface area (Å²) in [5.74, 6) is -1.74. The van der Waals surface area contributed by atoms with Crippen LogP contribution in [0.25, 0.3) is 0 Å². The maximum atomic E-state index is 12.9. The summed E-state index contributed by atoms with van der Waals surface area (Å²) in [5, 5.41) is 0. The fraction of sp³-hybridized carbons (Fsp3) is 0.737. The van der Waals surface area contributed by atoms with Crippen molar-refractivity contribution in [1.29, 1.82) is 0 Å². The molecule has 1 aliphatic heterocycles. The average molecular weight is 353 g/mol. The Bertz CT molecular complexity index is 545. The molecule has 25 heavy (non-hydrogen) atoms. The van der Waals surface area contributed by atoms with Crippen molar-refractivity contribution in [3.8, 4) is 0 Å². The fourth-order valence-electron chi connectivity index (χ4n) is 3.01. The Labute approximate surface area is 150 Å². The van der Waals surface area contributed by atoms with Crippen LogP contribution in [0.1, 0.15) is 60.8 Å². The highest BCUT2D eigenvalue weighted by Gasteiger charge is 2.46. The van der Waals surface area contributed by atoms with Gasteiger partial charge in [0.1, 0.15) is 11.5 Å². The van der Waals surface area contributed by atoms with E-state index in [2.05, 4.69) is 0 Å². The number of esters is 1. The monoisotopic (exact) mass is 353 g/mol.